The molecular formula is C9H9F2NO4. The lowest BCUT2D eigenvalue weighted by Gasteiger charge is -2.08. The molecule has 1 rings (SSSR count). The van der Waals surface area contributed by atoms with Gasteiger partial charge in [0.2, 0.25) is 0 Å². The number of ether oxygens (including phenoxy) is 2. The van der Waals surface area contributed by atoms with Crippen molar-refractivity contribution in [1.29, 1.82) is 0 Å². The van der Waals surface area contributed by atoms with E-state index in [1.165, 1.54) is 7.11 Å². The highest BCUT2D eigenvalue weighted by molar-refractivity contribution is 5.90. The van der Waals surface area contributed by atoms with E-state index >= 15 is 0 Å². The van der Waals surface area contributed by atoms with E-state index in [1.54, 1.807) is 0 Å². The van der Waals surface area contributed by atoms with E-state index in [0.29, 0.717) is 0 Å². The lowest BCUT2D eigenvalue weighted by atomic mass is 10.2. The van der Waals surface area contributed by atoms with Gasteiger partial charge in [0.15, 0.2) is 11.3 Å². The van der Waals surface area contributed by atoms with Gasteiger partial charge in [0.25, 0.3) is 6.43 Å². The summed E-state index contributed by atoms with van der Waals surface area (Å²) in [4.78, 5) is 24.7. The highest BCUT2D eigenvalue weighted by Crippen LogP contribution is 2.21. The van der Waals surface area contributed by atoms with Crippen molar-refractivity contribution in [2.45, 2.75) is 6.43 Å². The molecule has 1 heterocycles. The minimum atomic E-state index is -3.00. The van der Waals surface area contributed by atoms with Crippen LogP contribution in [0.4, 0.5) is 8.78 Å². The molecule has 0 saturated heterocycles. The van der Waals surface area contributed by atoms with Crippen molar-refractivity contribution in [2.24, 2.45) is 0 Å². The number of aromatic nitrogens is 1. The molecule has 5 nitrogen and oxygen atoms in total. The molecule has 0 aliphatic heterocycles. The topological polar surface area (TPSA) is 68.4 Å². The summed E-state index contributed by atoms with van der Waals surface area (Å²) in [6, 6.07) is 0.901. The van der Waals surface area contributed by atoms with Crippen LogP contribution in [0.3, 0.4) is 0 Å². The summed E-state index contributed by atoms with van der Waals surface area (Å²) < 4.78 is 34.0. The molecule has 0 aliphatic rings. The Hall–Kier alpha value is -1.92. The van der Waals surface area contributed by atoms with E-state index in [2.05, 4.69) is 14.5 Å². The van der Waals surface area contributed by atoms with Crippen LogP contribution >= 0.6 is 0 Å². The SMILES string of the molecule is COC(=O)c1c(C(F)F)[nH]c(OC)cc1=O. The molecule has 16 heavy (non-hydrogen) atoms. The zero-order chi connectivity index (χ0) is 12.3. The number of halogens is 2. The molecule has 0 fully saturated rings. The zero-order valence-corrected chi connectivity index (χ0v) is 8.54. The van der Waals surface area contributed by atoms with E-state index in [4.69, 9.17) is 0 Å². The molecule has 1 aromatic heterocycles. The minimum Gasteiger partial charge on any atom is -0.482 e. The lowest BCUT2D eigenvalue weighted by molar-refractivity contribution is 0.0585. The maximum Gasteiger partial charge on any atom is 0.343 e. The molecule has 0 unspecified atom stereocenters. The van der Waals surface area contributed by atoms with Gasteiger partial charge < -0.3 is 14.5 Å². The van der Waals surface area contributed by atoms with E-state index in [9.17, 15) is 18.4 Å². The Morgan fingerprint density at radius 2 is 2.06 bits per heavy atom. The first-order chi connectivity index (χ1) is 7.51. The van der Waals surface area contributed by atoms with Crippen molar-refractivity contribution in [2.75, 3.05) is 14.2 Å². The van der Waals surface area contributed by atoms with Gasteiger partial charge in [-0.05, 0) is 0 Å². The van der Waals surface area contributed by atoms with Crippen LogP contribution in [0.5, 0.6) is 5.88 Å². The molecule has 88 valence electrons. The number of rotatable bonds is 3. The number of carbonyl (C=O) groups excluding carboxylic acids is 1. The Bertz CT molecular complexity index is 455. The quantitative estimate of drug-likeness (QED) is 0.794. The monoisotopic (exact) mass is 233 g/mol. The van der Waals surface area contributed by atoms with Crippen LogP contribution < -0.4 is 10.2 Å². The van der Waals surface area contributed by atoms with Gasteiger partial charge in [-0.1, -0.05) is 0 Å². The van der Waals surface area contributed by atoms with E-state index in [1.807, 2.05) is 0 Å². The zero-order valence-electron chi connectivity index (χ0n) is 8.54. The number of nitrogens with one attached hydrogen (secondary N) is 1. The highest BCUT2D eigenvalue weighted by Gasteiger charge is 2.24. The maximum absolute atomic E-state index is 12.6. The standard InChI is InChI=1S/C9H9F2NO4/c1-15-5-3-4(13)6(9(14)16-2)7(12-5)8(10)11/h3,8H,1-2H3,(H,12,13). The summed E-state index contributed by atoms with van der Waals surface area (Å²) in [6.45, 7) is 0. The molecule has 0 amide bonds. The molecule has 1 aromatic rings. The van der Waals surface area contributed by atoms with Gasteiger partial charge in [0.05, 0.1) is 14.2 Å². The Morgan fingerprint density at radius 1 is 1.44 bits per heavy atom. The fourth-order valence-corrected chi connectivity index (χ4v) is 1.14. The number of hydrogen-bond donors (Lipinski definition) is 1. The number of esters is 1. The van der Waals surface area contributed by atoms with E-state index < -0.39 is 29.1 Å². The third-order valence-corrected chi connectivity index (χ3v) is 1.86. The molecule has 0 radical (unpaired) electrons. The molecule has 1 N–H and O–H groups in total. The first-order valence-corrected chi connectivity index (χ1v) is 4.19. The molecule has 7 heteroatoms. The second-order valence-corrected chi connectivity index (χ2v) is 2.78. The van der Waals surface area contributed by atoms with Crippen LogP contribution in [0.25, 0.3) is 0 Å². The predicted molar refractivity (Wildman–Crippen MR) is 49.9 cm³/mol. The summed E-state index contributed by atoms with van der Waals surface area (Å²) >= 11 is 0. The number of pyridine rings is 1. The van der Waals surface area contributed by atoms with Crippen LogP contribution in [0, 0.1) is 0 Å². The molecule has 0 bridgehead atoms. The second kappa shape index (κ2) is 4.73. The highest BCUT2D eigenvalue weighted by atomic mass is 19.3. The summed E-state index contributed by atoms with van der Waals surface area (Å²) in [7, 11) is 2.21. The summed E-state index contributed by atoms with van der Waals surface area (Å²) in [5.74, 6) is -1.26. The van der Waals surface area contributed by atoms with Crippen LogP contribution in [0.1, 0.15) is 22.5 Å². The van der Waals surface area contributed by atoms with Gasteiger partial charge in [-0.25, -0.2) is 13.6 Å². The number of alkyl halides is 2. The van der Waals surface area contributed by atoms with Crippen LogP contribution in [-0.2, 0) is 4.74 Å². The summed E-state index contributed by atoms with van der Waals surface area (Å²) in [6.07, 6.45) is -3.00. The smallest absolute Gasteiger partial charge is 0.343 e. The minimum absolute atomic E-state index is 0.145. The van der Waals surface area contributed by atoms with Crippen molar-refractivity contribution in [1.82, 2.24) is 4.98 Å². The average molecular weight is 233 g/mol. The average Bonchev–Trinajstić information content (AvgIpc) is 2.26. The van der Waals surface area contributed by atoms with Gasteiger partial charge in [-0.3, -0.25) is 4.79 Å². The maximum atomic E-state index is 12.6. The molecule has 0 aromatic carbocycles. The fraction of sp³-hybridized carbons (Fsp3) is 0.333. The van der Waals surface area contributed by atoms with Gasteiger partial charge in [0.1, 0.15) is 11.3 Å². The third kappa shape index (κ3) is 2.18. The molecular weight excluding hydrogens is 224 g/mol. The Labute approximate surface area is 89.0 Å². The Kier molecular flexibility index (Phi) is 3.60. The van der Waals surface area contributed by atoms with E-state index in [0.717, 1.165) is 13.2 Å². The van der Waals surface area contributed by atoms with Gasteiger partial charge >= 0.3 is 5.97 Å². The van der Waals surface area contributed by atoms with Crippen LogP contribution in [0.2, 0.25) is 0 Å². The largest absolute Gasteiger partial charge is 0.482 e. The number of methoxy groups -OCH3 is 2. The number of aromatic amines is 1. The molecule has 0 aliphatic carbocycles. The summed E-state index contributed by atoms with van der Waals surface area (Å²) in [5, 5.41) is 0. The van der Waals surface area contributed by atoms with Crippen molar-refractivity contribution in [3.8, 4) is 5.88 Å². The summed E-state index contributed by atoms with van der Waals surface area (Å²) in [5.41, 5.74) is -2.40. The van der Waals surface area contributed by atoms with Crippen LogP contribution in [-0.4, -0.2) is 25.2 Å². The van der Waals surface area contributed by atoms with Crippen molar-refractivity contribution in [3.05, 3.63) is 27.5 Å². The van der Waals surface area contributed by atoms with Crippen LogP contribution in [0.15, 0.2) is 10.9 Å². The normalized spacial score (nSPS) is 10.3. The van der Waals surface area contributed by atoms with Gasteiger partial charge in [-0.2, -0.15) is 0 Å². The van der Waals surface area contributed by atoms with E-state index in [-0.39, 0.29) is 5.88 Å². The predicted octanol–water partition coefficient (Wildman–Crippen LogP) is 1.11. The molecule has 0 spiro atoms. The van der Waals surface area contributed by atoms with Crippen molar-refractivity contribution >= 4 is 5.97 Å². The third-order valence-electron chi connectivity index (χ3n) is 1.86. The number of carbonyl (C=O) groups is 1. The first-order valence-electron chi connectivity index (χ1n) is 4.19. The van der Waals surface area contributed by atoms with Gasteiger partial charge in [-0.15, -0.1) is 0 Å². The van der Waals surface area contributed by atoms with Gasteiger partial charge in [0, 0.05) is 6.07 Å². The van der Waals surface area contributed by atoms with Crippen molar-refractivity contribution in [3.63, 3.8) is 0 Å². The Morgan fingerprint density at radius 3 is 2.50 bits per heavy atom. The number of hydrogen-bond acceptors (Lipinski definition) is 4. The molecule has 0 atom stereocenters. The molecule has 0 saturated carbocycles. The Balaban J connectivity index is 3.46. The number of H-pyrrole nitrogens is 1. The van der Waals surface area contributed by atoms with Crippen molar-refractivity contribution < 1.29 is 23.0 Å². The fourth-order valence-electron chi connectivity index (χ4n) is 1.14. The lowest BCUT2D eigenvalue weighted by Crippen LogP contribution is -2.20. The second-order valence-electron chi connectivity index (χ2n) is 2.78. The first kappa shape index (κ1) is 12.2.